The topological polar surface area (TPSA) is 58.3 Å². The summed E-state index contributed by atoms with van der Waals surface area (Å²) in [5.41, 5.74) is 1.91. The summed E-state index contributed by atoms with van der Waals surface area (Å²) in [6.45, 7) is 7.17. The lowest BCUT2D eigenvalue weighted by Crippen LogP contribution is -2.41. The molecule has 1 saturated carbocycles. The molecule has 3 rings (SSSR count). The van der Waals surface area contributed by atoms with E-state index in [1.165, 1.54) is 0 Å². The number of fused-ring (bicyclic) bond motifs is 1. The lowest BCUT2D eigenvalue weighted by Gasteiger charge is -2.31. The Morgan fingerprint density at radius 1 is 1.36 bits per heavy atom. The molecule has 1 aliphatic heterocycles. The first kappa shape index (κ1) is 15.2. The fourth-order valence-electron chi connectivity index (χ4n) is 2.91. The molecule has 0 bridgehead atoms. The third-order valence-electron chi connectivity index (χ3n) is 4.01. The SMILES string of the molecule is CC(C)(C)OC(=O)N1CCn2c(c(C#N)c(Cl)c2C2CC2)C1. The quantitative estimate of drug-likeness (QED) is 0.793. The first-order valence-corrected chi connectivity index (χ1v) is 7.98. The summed E-state index contributed by atoms with van der Waals surface area (Å²) >= 11 is 6.41. The first-order chi connectivity index (χ1) is 10.3. The summed E-state index contributed by atoms with van der Waals surface area (Å²) in [6, 6.07) is 2.20. The summed E-state index contributed by atoms with van der Waals surface area (Å²) in [5.74, 6) is 0.474. The van der Waals surface area contributed by atoms with Crippen LogP contribution in [0.15, 0.2) is 0 Å². The largest absolute Gasteiger partial charge is 0.444 e. The molecule has 118 valence electrons. The van der Waals surface area contributed by atoms with Crippen LogP contribution >= 0.6 is 11.6 Å². The highest BCUT2D eigenvalue weighted by Crippen LogP contribution is 2.46. The predicted octanol–water partition coefficient (Wildman–Crippen LogP) is 3.64. The van der Waals surface area contributed by atoms with Crippen molar-refractivity contribution in [3.05, 3.63) is 22.0 Å². The van der Waals surface area contributed by atoms with E-state index in [4.69, 9.17) is 16.3 Å². The van der Waals surface area contributed by atoms with Gasteiger partial charge in [0.25, 0.3) is 0 Å². The molecule has 0 radical (unpaired) electrons. The van der Waals surface area contributed by atoms with Crippen molar-refractivity contribution in [2.75, 3.05) is 6.54 Å². The van der Waals surface area contributed by atoms with Gasteiger partial charge in [-0.1, -0.05) is 11.6 Å². The molecule has 1 fully saturated rings. The number of nitrogens with zero attached hydrogens (tertiary/aromatic N) is 3. The maximum atomic E-state index is 12.2. The second-order valence-electron chi connectivity index (χ2n) is 6.96. The maximum absolute atomic E-state index is 12.2. The minimum Gasteiger partial charge on any atom is -0.444 e. The number of nitriles is 1. The number of carbonyl (C=O) groups is 1. The number of hydrogen-bond acceptors (Lipinski definition) is 3. The van der Waals surface area contributed by atoms with Crippen molar-refractivity contribution in [2.24, 2.45) is 0 Å². The zero-order valence-corrected chi connectivity index (χ0v) is 13.9. The number of amides is 1. The van der Waals surface area contributed by atoms with Crippen LogP contribution in [0.2, 0.25) is 5.02 Å². The van der Waals surface area contributed by atoms with Crippen molar-refractivity contribution < 1.29 is 9.53 Å². The summed E-state index contributed by atoms with van der Waals surface area (Å²) < 4.78 is 7.56. The van der Waals surface area contributed by atoms with Gasteiger partial charge in [0.1, 0.15) is 11.7 Å². The van der Waals surface area contributed by atoms with Gasteiger partial charge >= 0.3 is 6.09 Å². The molecular weight excluding hydrogens is 302 g/mol. The molecule has 2 aliphatic rings. The van der Waals surface area contributed by atoms with E-state index in [2.05, 4.69) is 10.6 Å². The van der Waals surface area contributed by atoms with Crippen LogP contribution in [0.25, 0.3) is 0 Å². The van der Waals surface area contributed by atoms with Gasteiger partial charge in [0, 0.05) is 24.7 Å². The maximum Gasteiger partial charge on any atom is 0.410 e. The summed E-state index contributed by atoms with van der Waals surface area (Å²) in [5, 5.41) is 9.99. The first-order valence-electron chi connectivity index (χ1n) is 7.60. The van der Waals surface area contributed by atoms with E-state index in [1.807, 2.05) is 20.8 Å². The highest BCUT2D eigenvalue weighted by Gasteiger charge is 2.36. The molecule has 0 aromatic carbocycles. The number of carbonyl (C=O) groups excluding carboxylic acids is 1. The van der Waals surface area contributed by atoms with E-state index in [0.29, 0.717) is 36.1 Å². The number of aromatic nitrogens is 1. The lowest BCUT2D eigenvalue weighted by atomic mass is 10.2. The summed E-state index contributed by atoms with van der Waals surface area (Å²) in [7, 11) is 0. The molecule has 0 atom stereocenters. The molecular formula is C16H20ClN3O2. The van der Waals surface area contributed by atoms with E-state index in [-0.39, 0.29) is 6.09 Å². The van der Waals surface area contributed by atoms with Crippen molar-refractivity contribution in [1.29, 1.82) is 5.26 Å². The van der Waals surface area contributed by atoms with Gasteiger partial charge in [0.15, 0.2) is 0 Å². The number of rotatable bonds is 1. The van der Waals surface area contributed by atoms with Crippen LogP contribution in [-0.2, 0) is 17.8 Å². The van der Waals surface area contributed by atoms with Gasteiger partial charge in [-0.15, -0.1) is 0 Å². The van der Waals surface area contributed by atoms with Crippen LogP contribution < -0.4 is 0 Å². The molecule has 0 saturated heterocycles. The zero-order valence-electron chi connectivity index (χ0n) is 13.1. The van der Waals surface area contributed by atoms with Crippen LogP contribution in [0, 0.1) is 11.3 Å². The number of hydrogen-bond donors (Lipinski definition) is 0. The zero-order chi connectivity index (χ0) is 16.1. The van der Waals surface area contributed by atoms with Crippen molar-refractivity contribution in [2.45, 2.75) is 58.2 Å². The normalized spacial score (nSPS) is 17.9. The molecule has 1 aromatic heterocycles. The molecule has 22 heavy (non-hydrogen) atoms. The molecule has 6 heteroatoms. The van der Waals surface area contributed by atoms with E-state index in [0.717, 1.165) is 24.2 Å². The Hall–Kier alpha value is -1.67. The average Bonchev–Trinajstić information content (AvgIpc) is 3.20. The van der Waals surface area contributed by atoms with Crippen molar-refractivity contribution in [3.8, 4) is 6.07 Å². The van der Waals surface area contributed by atoms with Crippen LogP contribution in [0.4, 0.5) is 4.79 Å². The molecule has 1 amide bonds. The third-order valence-corrected chi connectivity index (χ3v) is 4.39. The summed E-state index contributed by atoms with van der Waals surface area (Å²) in [6.07, 6.45) is 1.92. The number of ether oxygens (including phenoxy) is 1. The highest BCUT2D eigenvalue weighted by molar-refractivity contribution is 6.32. The van der Waals surface area contributed by atoms with Gasteiger partial charge in [-0.05, 0) is 33.6 Å². The molecule has 0 spiro atoms. The Kier molecular flexibility index (Phi) is 3.60. The molecule has 1 aromatic rings. The predicted molar refractivity (Wildman–Crippen MR) is 82.8 cm³/mol. The van der Waals surface area contributed by atoms with Gasteiger partial charge in [-0.25, -0.2) is 4.79 Å². The van der Waals surface area contributed by atoms with E-state index in [9.17, 15) is 10.1 Å². The van der Waals surface area contributed by atoms with Crippen molar-refractivity contribution in [1.82, 2.24) is 9.47 Å². The molecule has 1 aliphatic carbocycles. The van der Waals surface area contributed by atoms with Gasteiger partial charge in [0.2, 0.25) is 0 Å². The third kappa shape index (κ3) is 2.68. The Labute approximate surface area is 135 Å². The standard InChI is InChI=1S/C16H20ClN3O2/c1-16(2,3)22-15(21)19-6-7-20-12(9-19)11(8-18)13(17)14(20)10-4-5-10/h10H,4-7,9H2,1-3H3. The Bertz CT molecular complexity index is 662. The van der Waals surface area contributed by atoms with E-state index < -0.39 is 5.60 Å². The molecule has 0 N–H and O–H groups in total. The van der Waals surface area contributed by atoms with E-state index >= 15 is 0 Å². The van der Waals surface area contributed by atoms with Crippen LogP contribution in [-0.4, -0.2) is 27.7 Å². The minimum atomic E-state index is -0.522. The van der Waals surface area contributed by atoms with Gasteiger partial charge in [0.05, 0.1) is 22.8 Å². The van der Waals surface area contributed by atoms with Crippen molar-refractivity contribution in [3.63, 3.8) is 0 Å². The number of halogens is 1. The van der Waals surface area contributed by atoms with Crippen LogP contribution in [0.3, 0.4) is 0 Å². The smallest absolute Gasteiger partial charge is 0.410 e. The Morgan fingerprint density at radius 2 is 2.05 bits per heavy atom. The molecule has 2 heterocycles. The van der Waals surface area contributed by atoms with Crippen LogP contribution in [0.5, 0.6) is 0 Å². The Balaban J connectivity index is 1.88. The van der Waals surface area contributed by atoms with Gasteiger partial charge in [-0.2, -0.15) is 5.26 Å². The average molecular weight is 322 g/mol. The molecule has 5 nitrogen and oxygen atoms in total. The van der Waals surface area contributed by atoms with Crippen molar-refractivity contribution >= 4 is 17.7 Å². The van der Waals surface area contributed by atoms with Gasteiger partial charge in [-0.3, -0.25) is 0 Å². The minimum absolute atomic E-state index is 0.340. The fourth-order valence-corrected chi connectivity index (χ4v) is 3.31. The second-order valence-corrected chi connectivity index (χ2v) is 7.34. The second kappa shape index (κ2) is 5.20. The summed E-state index contributed by atoms with van der Waals surface area (Å²) in [4.78, 5) is 13.9. The Morgan fingerprint density at radius 3 is 2.59 bits per heavy atom. The van der Waals surface area contributed by atoms with E-state index in [1.54, 1.807) is 4.90 Å². The molecule has 0 unspecified atom stereocenters. The monoisotopic (exact) mass is 321 g/mol. The fraction of sp³-hybridized carbons (Fsp3) is 0.625. The van der Waals surface area contributed by atoms with Gasteiger partial charge < -0.3 is 14.2 Å². The highest BCUT2D eigenvalue weighted by atomic mass is 35.5. The van der Waals surface area contributed by atoms with Crippen LogP contribution in [0.1, 0.15) is 56.5 Å². The lowest BCUT2D eigenvalue weighted by molar-refractivity contribution is 0.0198.